The summed E-state index contributed by atoms with van der Waals surface area (Å²) < 4.78 is 5.11. The first-order valence-electron chi connectivity index (χ1n) is 4.75. The van der Waals surface area contributed by atoms with Crippen LogP contribution in [-0.4, -0.2) is 12.1 Å². The van der Waals surface area contributed by atoms with Gasteiger partial charge in [0.25, 0.3) is 0 Å². The molecule has 0 N–H and O–H groups in total. The number of esters is 1. The van der Waals surface area contributed by atoms with Gasteiger partial charge in [0, 0.05) is 6.42 Å². The average molecular weight is 172 g/mol. The van der Waals surface area contributed by atoms with Gasteiger partial charge in [-0.05, 0) is 25.7 Å². The maximum atomic E-state index is 11.1. The zero-order chi connectivity index (χ0) is 9.56. The van der Waals surface area contributed by atoms with E-state index in [-0.39, 0.29) is 12.1 Å². The highest BCUT2D eigenvalue weighted by atomic mass is 16.5. The summed E-state index contributed by atoms with van der Waals surface area (Å²) in [5.74, 6) is 0.521. The molecule has 0 aliphatic heterocycles. The van der Waals surface area contributed by atoms with Crippen LogP contribution >= 0.6 is 0 Å². The number of carbonyl (C=O) groups excluding carboxylic acids is 1. The van der Waals surface area contributed by atoms with Gasteiger partial charge in [-0.15, -0.1) is 0 Å². The maximum Gasteiger partial charge on any atom is 0.306 e. The largest absolute Gasteiger partial charge is 0.463 e. The van der Waals surface area contributed by atoms with Gasteiger partial charge in [0.05, 0.1) is 6.10 Å². The highest BCUT2D eigenvalue weighted by Crippen LogP contribution is 2.06. The summed E-state index contributed by atoms with van der Waals surface area (Å²) in [5.41, 5.74) is 0. The predicted molar refractivity (Wildman–Crippen MR) is 49.9 cm³/mol. The van der Waals surface area contributed by atoms with Crippen LogP contribution in [0.1, 0.15) is 47.0 Å². The van der Waals surface area contributed by atoms with Crippen molar-refractivity contribution < 1.29 is 9.53 Å². The van der Waals surface area contributed by atoms with Crippen molar-refractivity contribution in [1.29, 1.82) is 0 Å². The Labute approximate surface area is 75.3 Å². The Morgan fingerprint density at radius 1 is 1.33 bits per heavy atom. The molecule has 12 heavy (non-hydrogen) atoms. The first-order valence-corrected chi connectivity index (χ1v) is 4.75. The second kappa shape index (κ2) is 6.04. The fraction of sp³-hybridized carbons (Fsp3) is 0.900. The fourth-order valence-electron chi connectivity index (χ4n) is 0.773. The summed E-state index contributed by atoms with van der Waals surface area (Å²) in [4.78, 5) is 11.1. The summed E-state index contributed by atoms with van der Waals surface area (Å²) in [5, 5.41) is 0. The summed E-state index contributed by atoms with van der Waals surface area (Å²) in [7, 11) is 0. The molecule has 0 saturated heterocycles. The summed E-state index contributed by atoms with van der Waals surface area (Å²) in [6.07, 6.45) is 2.45. The van der Waals surface area contributed by atoms with Gasteiger partial charge in [-0.1, -0.05) is 20.8 Å². The minimum Gasteiger partial charge on any atom is -0.463 e. The van der Waals surface area contributed by atoms with E-state index in [2.05, 4.69) is 13.8 Å². The smallest absolute Gasteiger partial charge is 0.306 e. The van der Waals surface area contributed by atoms with Crippen LogP contribution in [-0.2, 0) is 9.53 Å². The number of hydrogen-bond acceptors (Lipinski definition) is 2. The van der Waals surface area contributed by atoms with Gasteiger partial charge in [0.15, 0.2) is 0 Å². The molecule has 0 heterocycles. The van der Waals surface area contributed by atoms with Crippen molar-refractivity contribution in [3.8, 4) is 0 Å². The quantitative estimate of drug-likeness (QED) is 0.596. The van der Waals surface area contributed by atoms with E-state index in [4.69, 9.17) is 4.74 Å². The van der Waals surface area contributed by atoms with Crippen molar-refractivity contribution in [2.75, 3.05) is 0 Å². The molecule has 1 atom stereocenters. The van der Waals surface area contributed by atoms with E-state index in [9.17, 15) is 4.79 Å². The zero-order valence-electron chi connectivity index (χ0n) is 8.59. The molecule has 0 fully saturated rings. The first-order chi connectivity index (χ1) is 5.56. The van der Waals surface area contributed by atoms with Crippen LogP contribution in [0.5, 0.6) is 0 Å². The molecule has 2 nitrogen and oxygen atoms in total. The van der Waals surface area contributed by atoms with Crippen molar-refractivity contribution in [3.05, 3.63) is 0 Å². The molecular formula is C10H20O2. The van der Waals surface area contributed by atoms with Gasteiger partial charge in [-0.25, -0.2) is 0 Å². The highest BCUT2D eigenvalue weighted by Gasteiger charge is 2.07. The Morgan fingerprint density at radius 2 is 1.92 bits per heavy atom. The summed E-state index contributed by atoms with van der Waals surface area (Å²) >= 11 is 0. The molecule has 0 spiro atoms. The highest BCUT2D eigenvalue weighted by molar-refractivity contribution is 5.69. The van der Waals surface area contributed by atoms with Crippen LogP contribution < -0.4 is 0 Å². The van der Waals surface area contributed by atoms with Crippen molar-refractivity contribution >= 4 is 5.97 Å². The van der Waals surface area contributed by atoms with Gasteiger partial charge in [0.1, 0.15) is 0 Å². The van der Waals surface area contributed by atoms with Gasteiger partial charge in [0.2, 0.25) is 0 Å². The number of carbonyl (C=O) groups is 1. The van der Waals surface area contributed by atoms with Crippen LogP contribution in [0.2, 0.25) is 0 Å². The van der Waals surface area contributed by atoms with E-state index in [0.29, 0.717) is 12.3 Å². The topological polar surface area (TPSA) is 26.3 Å². The van der Waals surface area contributed by atoms with Gasteiger partial charge < -0.3 is 4.74 Å². The molecule has 0 rings (SSSR count). The van der Waals surface area contributed by atoms with Gasteiger partial charge in [-0.2, -0.15) is 0 Å². The number of ether oxygens (including phenoxy) is 1. The molecule has 0 radical (unpaired) electrons. The normalized spacial score (nSPS) is 13.1. The van der Waals surface area contributed by atoms with Crippen molar-refractivity contribution in [3.63, 3.8) is 0 Å². The molecule has 0 aliphatic rings. The van der Waals surface area contributed by atoms with Crippen molar-refractivity contribution in [1.82, 2.24) is 0 Å². The third kappa shape index (κ3) is 6.20. The zero-order valence-corrected chi connectivity index (χ0v) is 8.59. The number of hydrogen-bond donors (Lipinski definition) is 0. The van der Waals surface area contributed by atoms with Crippen LogP contribution in [0, 0.1) is 5.92 Å². The maximum absolute atomic E-state index is 11.1. The third-order valence-electron chi connectivity index (χ3n) is 1.83. The van der Waals surface area contributed by atoms with Crippen LogP contribution in [0.15, 0.2) is 0 Å². The Kier molecular flexibility index (Phi) is 5.77. The van der Waals surface area contributed by atoms with E-state index >= 15 is 0 Å². The van der Waals surface area contributed by atoms with E-state index in [1.807, 2.05) is 13.8 Å². The SMILES string of the molecule is CC[C@@H](C)OC(=O)CCC(C)C. The third-order valence-corrected chi connectivity index (χ3v) is 1.83. The second-order valence-electron chi connectivity index (χ2n) is 3.64. The Bertz CT molecular complexity index is 130. The molecule has 0 aromatic heterocycles. The molecule has 0 saturated carbocycles. The van der Waals surface area contributed by atoms with Crippen LogP contribution in [0.3, 0.4) is 0 Å². The minimum atomic E-state index is -0.0574. The molecule has 0 aliphatic carbocycles. The monoisotopic (exact) mass is 172 g/mol. The molecule has 72 valence electrons. The van der Waals surface area contributed by atoms with E-state index in [1.54, 1.807) is 0 Å². The lowest BCUT2D eigenvalue weighted by atomic mass is 10.1. The molecule has 0 amide bonds. The molecule has 0 bridgehead atoms. The summed E-state index contributed by atoms with van der Waals surface area (Å²) in [6.45, 7) is 8.15. The summed E-state index contributed by atoms with van der Waals surface area (Å²) in [6, 6.07) is 0. The van der Waals surface area contributed by atoms with E-state index < -0.39 is 0 Å². The van der Waals surface area contributed by atoms with Crippen LogP contribution in [0.25, 0.3) is 0 Å². The van der Waals surface area contributed by atoms with Crippen LogP contribution in [0.4, 0.5) is 0 Å². The lowest BCUT2D eigenvalue weighted by Gasteiger charge is -2.11. The first kappa shape index (κ1) is 11.5. The van der Waals surface area contributed by atoms with Gasteiger partial charge >= 0.3 is 5.97 Å². The lowest BCUT2D eigenvalue weighted by Crippen LogP contribution is -2.14. The predicted octanol–water partition coefficient (Wildman–Crippen LogP) is 2.76. The molecular weight excluding hydrogens is 152 g/mol. The lowest BCUT2D eigenvalue weighted by molar-refractivity contribution is -0.148. The fourth-order valence-corrected chi connectivity index (χ4v) is 0.773. The Hall–Kier alpha value is -0.530. The number of rotatable bonds is 5. The van der Waals surface area contributed by atoms with Crippen molar-refractivity contribution in [2.24, 2.45) is 5.92 Å². The Morgan fingerprint density at radius 3 is 2.33 bits per heavy atom. The van der Waals surface area contributed by atoms with Crippen molar-refractivity contribution in [2.45, 2.75) is 53.1 Å². The minimum absolute atomic E-state index is 0.0574. The molecule has 0 aromatic carbocycles. The van der Waals surface area contributed by atoms with Gasteiger partial charge in [-0.3, -0.25) is 4.79 Å². The average Bonchev–Trinajstić information content (AvgIpc) is 2.00. The molecule has 2 heteroatoms. The van der Waals surface area contributed by atoms with E-state index in [1.165, 1.54) is 0 Å². The second-order valence-corrected chi connectivity index (χ2v) is 3.64. The molecule has 0 unspecified atom stereocenters. The molecule has 0 aromatic rings. The standard InChI is InChI=1S/C10H20O2/c1-5-9(4)12-10(11)7-6-8(2)3/h8-9H,5-7H2,1-4H3/t9-/m1/s1. The van der Waals surface area contributed by atoms with E-state index in [0.717, 1.165) is 12.8 Å². The Balaban J connectivity index is 3.46.